The molecule has 3 rings (SSSR count). The van der Waals surface area contributed by atoms with E-state index in [1.165, 1.54) is 10.5 Å². The number of hydrogen-bond donors (Lipinski definition) is 0. The van der Waals surface area contributed by atoms with Gasteiger partial charge in [0.25, 0.3) is 10.0 Å². The van der Waals surface area contributed by atoms with Crippen LogP contribution in [0.25, 0.3) is 5.57 Å². The van der Waals surface area contributed by atoms with E-state index >= 15 is 0 Å². The van der Waals surface area contributed by atoms with Gasteiger partial charge in [0, 0.05) is 25.5 Å². The summed E-state index contributed by atoms with van der Waals surface area (Å²) in [6.07, 6.45) is 5.65. The van der Waals surface area contributed by atoms with Crippen LogP contribution < -0.4 is 4.74 Å². The lowest BCUT2D eigenvalue weighted by molar-refractivity contribution is 0.325. The van der Waals surface area contributed by atoms with Crippen molar-refractivity contribution in [2.75, 3.05) is 19.7 Å². The molecule has 0 saturated heterocycles. The largest absolute Gasteiger partial charge is 0.491 e. The van der Waals surface area contributed by atoms with Gasteiger partial charge in [0.05, 0.1) is 6.61 Å². The predicted octanol–water partition coefficient (Wildman–Crippen LogP) is 3.01. The van der Waals surface area contributed by atoms with Gasteiger partial charge in [0.15, 0.2) is 5.75 Å². The Bertz CT molecular complexity index is 882. The van der Waals surface area contributed by atoms with Crippen LogP contribution in [0.3, 0.4) is 0 Å². The van der Waals surface area contributed by atoms with Gasteiger partial charge >= 0.3 is 0 Å². The number of nitrogens with zero attached hydrogens (tertiary/aromatic N) is 3. The van der Waals surface area contributed by atoms with Crippen molar-refractivity contribution in [1.82, 2.24) is 14.3 Å². The van der Waals surface area contributed by atoms with Crippen LogP contribution in [0.5, 0.6) is 5.75 Å². The van der Waals surface area contributed by atoms with Gasteiger partial charge in [0.1, 0.15) is 5.15 Å². The zero-order valence-corrected chi connectivity index (χ0v) is 15.3. The van der Waals surface area contributed by atoms with E-state index in [1.807, 2.05) is 12.1 Å². The summed E-state index contributed by atoms with van der Waals surface area (Å²) in [5.41, 5.74) is 2.01. The van der Waals surface area contributed by atoms with Gasteiger partial charge in [-0.2, -0.15) is 4.31 Å². The van der Waals surface area contributed by atoms with Crippen molar-refractivity contribution < 1.29 is 13.2 Å². The fourth-order valence-corrected chi connectivity index (χ4v) is 4.19. The van der Waals surface area contributed by atoms with E-state index in [0.29, 0.717) is 24.7 Å². The van der Waals surface area contributed by atoms with E-state index in [0.717, 1.165) is 11.1 Å². The first-order chi connectivity index (χ1) is 12.0. The second-order valence-electron chi connectivity index (χ2n) is 5.45. The Kier molecular flexibility index (Phi) is 5.36. The summed E-state index contributed by atoms with van der Waals surface area (Å²) in [6.45, 7) is 2.84. The highest BCUT2D eigenvalue weighted by Gasteiger charge is 2.30. The van der Waals surface area contributed by atoms with E-state index in [4.69, 9.17) is 16.3 Å². The van der Waals surface area contributed by atoms with Crippen LogP contribution in [0.1, 0.15) is 18.9 Å². The molecule has 0 bridgehead atoms. The Hall–Kier alpha value is -1.96. The van der Waals surface area contributed by atoms with Crippen molar-refractivity contribution in [1.29, 1.82) is 0 Å². The van der Waals surface area contributed by atoms with Gasteiger partial charge in [-0.15, -0.1) is 0 Å². The molecule has 0 amide bonds. The minimum absolute atomic E-state index is 0.0399. The zero-order chi connectivity index (χ0) is 17.9. The summed E-state index contributed by atoms with van der Waals surface area (Å²) in [5, 5.41) is 0.393. The first-order valence-electron chi connectivity index (χ1n) is 7.91. The van der Waals surface area contributed by atoms with Gasteiger partial charge in [-0.3, -0.25) is 0 Å². The monoisotopic (exact) mass is 379 g/mol. The summed E-state index contributed by atoms with van der Waals surface area (Å²) in [6, 6.07) is 6.89. The number of sulfonamides is 1. The van der Waals surface area contributed by atoms with Gasteiger partial charge in [-0.1, -0.05) is 23.7 Å². The van der Waals surface area contributed by atoms with Gasteiger partial charge in [0.2, 0.25) is 5.03 Å². The molecule has 0 radical (unpaired) electrons. The van der Waals surface area contributed by atoms with E-state index < -0.39 is 10.0 Å². The number of aromatic nitrogens is 2. The van der Waals surface area contributed by atoms with E-state index in [-0.39, 0.29) is 17.3 Å². The summed E-state index contributed by atoms with van der Waals surface area (Å²) in [4.78, 5) is 8.10. The fraction of sp³-hybridized carbons (Fsp3) is 0.294. The topological polar surface area (TPSA) is 72.4 Å². The van der Waals surface area contributed by atoms with Crippen LogP contribution >= 0.6 is 11.6 Å². The standard InChI is InChI=1S/C17H18ClN3O3S/c1-2-24-15-4-3-9-19-17(15)25(22,23)21-10-7-13(8-11-21)14-5-6-16(18)20-12-14/h3-7,9,12H,2,8,10-11H2,1H3. The summed E-state index contributed by atoms with van der Waals surface area (Å²) < 4.78 is 32.6. The molecule has 25 heavy (non-hydrogen) atoms. The van der Waals surface area contributed by atoms with Crippen molar-refractivity contribution in [2.45, 2.75) is 18.4 Å². The predicted molar refractivity (Wildman–Crippen MR) is 96.0 cm³/mol. The number of ether oxygens (including phenoxy) is 1. The smallest absolute Gasteiger partial charge is 0.264 e. The molecule has 1 aliphatic heterocycles. The van der Waals surface area contributed by atoms with Crippen LogP contribution in [0.4, 0.5) is 0 Å². The van der Waals surface area contributed by atoms with Crippen molar-refractivity contribution in [3.05, 3.63) is 53.5 Å². The molecule has 0 unspecified atom stereocenters. The molecule has 0 aliphatic carbocycles. The molecule has 0 N–H and O–H groups in total. The molecule has 0 spiro atoms. The molecule has 3 heterocycles. The Labute approximate surface area is 152 Å². The van der Waals surface area contributed by atoms with E-state index in [1.54, 1.807) is 31.3 Å². The number of hydrogen-bond acceptors (Lipinski definition) is 5. The highest BCUT2D eigenvalue weighted by Crippen LogP contribution is 2.29. The molecule has 0 aromatic carbocycles. The third-order valence-corrected chi connectivity index (χ3v) is 5.92. The molecule has 1 aliphatic rings. The zero-order valence-electron chi connectivity index (χ0n) is 13.7. The lowest BCUT2D eigenvalue weighted by atomic mass is 10.0. The molecular formula is C17H18ClN3O3S. The lowest BCUT2D eigenvalue weighted by Gasteiger charge is -2.26. The number of halogens is 1. The first kappa shape index (κ1) is 17.8. The Morgan fingerprint density at radius 1 is 1.28 bits per heavy atom. The maximum Gasteiger partial charge on any atom is 0.264 e. The molecule has 0 fully saturated rings. The van der Waals surface area contributed by atoms with Crippen molar-refractivity contribution in [3.63, 3.8) is 0 Å². The Morgan fingerprint density at radius 3 is 2.76 bits per heavy atom. The van der Waals surface area contributed by atoms with Crippen LogP contribution in [0.2, 0.25) is 5.15 Å². The van der Waals surface area contributed by atoms with Crippen molar-refractivity contribution in [3.8, 4) is 5.75 Å². The lowest BCUT2D eigenvalue weighted by Crippen LogP contribution is -2.35. The fourth-order valence-electron chi connectivity index (χ4n) is 2.65. The third kappa shape index (κ3) is 3.84. The summed E-state index contributed by atoms with van der Waals surface area (Å²) >= 11 is 5.81. The van der Waals surface area contributed by atoms with Crippen LogP contribution in [-0.2, 0) is 10.0 Å². The second-order valence-corrected chi connectivity index (χ2v) is 7.69. The maximum absolute atomic E-state index is 12.9. The molecule has 2 aromatic rings. The van der Waals surface area contributed by atoms with Gasteiger partial charge < -0.3 is 4.74 Å². The van der Waals surface area contributed by atoms with Crippen LogP contribution in [-0.4, -0.2) is 42.4 Å². The van der Waals surface area contributed by atoms with Gasteiger partial charge in [-0.25, -0.2) is 18.4 Å². The normalized spacial score (nSPS) is 15.7. The summed E-state index contributed by atoms with van der Waals surface area (Å²) in [7, 11) is -3.71. The molecule has 0 atom stereocenters. The Morgan fingerprint density at radius 2 is 2.12 bits per heavy atom. The minimum atomic E-state index is -3.71. The average molecular weight is 380 g/mol. The number of rotatable bonds is 5. The maximum atomic E-state index is 12.9. The van der Waals surface area contributed by atoms with E-state index in [9.17, 15) is 8.42 Å². The molecular weight excluding hydrogens is 362 g/mol. The van der Waals surface area contributed by atoms with Crippen LogP contribution in [0.15, 0.2) is 47.8 Å². The average Bonchev–Trinajstić information content (AvgIpc) is 2.63. The third-order valence-electron chi connectivity index (χ3n) is 3.89. The van der Waals surface area contributed by atoms with Crippen molar-refractivity contribution in [2.24, 2.45) is 0 Å². The minimum Gasteiger partial charge on any atom is -0.491 e. The summed E-state index contributed by atoms with van der Waals surface area (Å²) in [5.74, 6) is 0.279. The molecule has 132 valence electrons. The van der Waals surface area contributed by atoms with E-state index in [2.05, 4.69) is 9.97 Å². The second kappa shape index (κ2) is 7.51. The SMILES string of the molecule is CCOc1cccnc1S(=O)(=O)N1CC=C(c2ccc(Cl)nc2)CC1. The molecule has 0 saturated carbocycles. The number of pyridine rings is 2. The highest BCUT2D eigenvalue weighted by molar-refractivity contribution is 7.89. The van der Waals surface area contributed by atoms with Crippen molar-refractivity contribution >= 4 is 27.2 Å². The Balaban J connectivity index is 1.83. The molecule has 8 heteroatoms. The molecule has 2 aromatic heterocycles. The highest BCUT2D eigenvalue weighted by atomic mass is 35.5. The van der Waals surface area contributed by atoms with Crippen LogP contribution in [0, 0.1) is 0 Å². The first-order valence-corrected chi connectivity index (χ1v) is 9.73. The quantitative estimate of drug-likeness (QED) is 0.747. The molecule has 6 nitrogen and oxygen atoms in total. The van der Waals surface area contributed by atoms with Gasteiger partial charge in [-0.05, 0) is 42.7 Å².